The lowest BCUT2D eigenvalue weighted by Gasteiger charge is -2.62. The molecule has 1 aliphatic heterocycles. The molecular formula is C17H25ClN2O2. The summed E-state index contributed by atoms with van der Waals surface area (Å²) in [5.41, 5.74) is -0.659. The normalized spacial score (nSPS) is 52.7. The Morgan fingerprint density at radius 1 is 1.23 bits per heavy atom. The van der Waals surface area contributed by atoms with Gasteiger partial charge in [0.2, 0.25) is 5.91 Å². The van der Waals surface area contributed by atoms with Crippen molar-refractivity contribution in [3.05, 3.63) is 0 Å². The highest BCUT2D eigenvalue weighted by molar-refractivity contribution is 6.15. The van der Waals surface area contributed by atoms with E-state index in [1.165, 1.54) is 12.8 Å². The van der Waals surface area contributed by atoms with Crippen molar-refractivity contribution in [1.82, 2.24) is 9.74 Å². The molecule has 6 fully saturated rings. The van der Waals surface area contributed by atoms with Gasteiger partial charge < -0.3 is 10.0 Å². The third-order valence-corrected chi connectivity index (χ3v) is 7.57. The summed E-state index contributed by atoms with van der Waals surface area (Å²) in [6, 6.07) is 0.169. The van der Waals surface area contributed by atoms with E-state index >= 15 is 0 Å². The second kappa shape index (κ2) is 4.40. The molecule has 6 aliphatic rings. The van der Waals surface area contributed by atoms with Crippen LogP contribution in [0.3, 0.4) is 0 Å². The van der Waals surface area contributed by atoms with Crippen LogP contribution in [0.15, 0.2) is 0 Å². The van der Waals surface area contributed by atoms with Crippen LogP contribution in [-0.4, -0.2) is 40.1 Å². The number of nitrogens with zero attached hydrogens (tertiary/aromatic N) is 1. The Kier molecular flexibility index (Phi) is 2.81. The SMILES string of the molecule is O=C([C@@H](NCl)C12CC3CC(CC(O)(C3)C1)C2)N1CCC2CC21. The van der Waals surface area contributed by atoms with Gasteiger partial charge in [-0.15, -0.1) is 0 Å². The number of nitrogens with one attached hydrogen (secondary N) is 1. The van der Waals surface area contributed by atoms with Gasteiger partial charge in [-0.3, -0.25) is 4.79 Å². The number of fused-ring (bicyclic) bond motifs is 1. The van der Waals surface area contributed by atoms with E-state index in [1.54, 1.807) is 0 Å². The molecule has 5 aliphatic carbocycles. The monoisotopic (exact) mass is 324 g/mol. The molecule has 5 heteroatoms. The van der Waals surface area contributed by atoms with Crippen LogP contribution in [0.1, 0.15) is 51.4 Å². The Morgan fingerprint density at radius 2 is 1.95 bits per heavy atom. The molecule has 0 aromatic rings. The second-order valence-electron chi connectivity index (χ2n) is 8.97. The number of amides is 1. The molecule has 2 N–H and O–H groups in total. The van der Waals surface area contributed by atoms with Gasteiger partial charge in [0.05, 0.1) is 5.60 Å². The van der Waals surface area contributed by atoms with Crippen LogP contribution in [0.5, 0.6) is 0 Å². The summed E-state index contributed by atoms with van der Waals surface area (Å²) >= 11 is 6.10. The first-order valence-electron chi connectivity index (χ1n) is 8.91. The molecule has 4 bridgehead atoms. The molecule has 122 valence electrons. The molecule has 6 rings (SSSR count). The Bertz CT molecular complexity index is 511. The summed E-state index contributed by atoms with van der Waals surface area (Å²) in [5, 5.41) is 10.9. The molecule has 0 aromatic carbocycles. The molecule has 4 unspecified atom stereocenters. The van der Waals surface area contributed by atoms with Crippen LogP contribution in [0, 0.1) is 23.2 Å². The Labute approximate surface area is 136 Å². The van der Waals surface area contributed by atoms with E-state index < -0.39 is 5.60 Å². The zero-order valence-electron chi connectivity index (χ0n) is 12.9. The van der Waals surface area contributed by atoms with Crippen molar-refractivity contribution < 1.29 is 9.90 Å². The zero-order valence-corrected chi connectivity index (χ0v) is 13.7. The number of carbonyl (C=O) groups excluding carboxylic acids is 1. The van der Waals surface area contributed by atoms with Gasteiger partial charge in [-0.05, 0) is 86.3 Å². The third kappa shape index (κ3) is 1.87. The van der Waals surface area contributed by atoms with E-state index in [0.717, 1.165) is 51.0 Å². The van der Waals surface area contributed by atoms with E-state index in [1.807, 2.05) is 0 Å². The maximum Gasteiger partial charge on any atom is 0.241 e. The Balaban J connectivity index is 1.45. The molecule has 0 spiro atoms. The molecule has 1 heterocycles. The maximum absolute atomic E-state index is 13.1. The van der Waals surface area contributed by atoms with Gasteiger partial charge in [0.15, 0.2) is 0 Å². The van der Waals surface area contributed by atoms with Gasteiger partial charge in [0.1, 0.15) is 6.04 Å². The van der Waals surface area contributed by atoms with Gasteiger partial charge >= 0.3 is 0 Å². The van der Waals surface area contributed by atoms with E-state index in [-0.39, 0.29) is 17.4 Å². The van der Waals surface area contributed by atoms with Crippen molar-refractivity contribution in [1.29, 1.82) is 0 Å². The zero-order chi connectivity index (χ0) is 15.1. The van der Waals surface area contributed by atoms with Crippen LogP contribution in [0.2, 0.25) is 0 Å². The van der Waals surface area contributed by atoms with Crippen molar-refractivity contribution in [3.8, 4) is 0 Å². The summed E-state index contributed by atoms with van der Waals surface area (Å²) in [4.78, 5) is 18.1. The molecular weight excluding hydrogens is 300 g/mol. The van der Waals surface area contributed by atoms with Crippen LogP contribution < -0.4 is 4.84 Å². The first-order valence-corrected chi connectivity index (χ1v) is 9.29. The molecule has 1 amide bonds. The lowest BCUT2D eigenvalue weighted by Crippen LogP contribution is -2.64. The highest BCUT2D eigenvalue weighted by Crippen LogP contribution is 2.63. The standard InChI is InChI=1S/C17H25ClN2O2/c18-19-14(15(21)20-2-1-12-4-13(12)20)16-5-10-3-11(6-16)8-17(22,7-10)9-16/h10-14,19,22H,1-9H2/t10?,11?,12?,13?,14-,16?,17?/m1/s1. The molecule has 22 heavy (non-hydrogen) atoms. The van der Waals surface area contributed by atoms with E-state index in [4.69, 9.17) is 11.8 Å². The largest absolute Gasteiger partial charge is 0.390 e. The van der Waals surface area contributed by atoms with Gasteiger partial charge in [0.25, 0.3) is 0 Å². The van der Waals surface area contributed by atoms with E-state index in [2.05, 4.69) is 9.74 Å². The fourth-order valence-corrected chi connectivity index (χ4v) is 7.20. The number of hydrogen-bond donors (Lipinski definition) is 2. The van der Waals surface area contributed by atoms with Gasteiger partial charge in [-0.1, -0.05) is 0 Å². The predicted octanol–water partition coefficient (Wildman–Crippen LogP) is 2.05. The highest BCUT2D eigenvalue weighted by Gasteiger charge is 2.62. The van der Waals surface area contributed by atoms with Gasteiger partial charge in [0, 0.05) is 12.6 Å². The Hall–Kier alpha value is -0.320. The fraction of sp³-hybridized carbons (Fsp3) is 0.941. The van der Waals surface area contributed by atoms with Crippen LogP contribution in [0.25, 0.3) is 0 Å². The number of rotatable bonds is 3. The molecule has 0 aromatic heterocycles. The van der Waals surface area contributed by atoms with Crippen molar-refractivity contribution in [2.75, 3.05) is 6.54 Å². The van der Waals surface area contributed by atoms with Crippen LogP contribution in [-0.2, 0) is 4.79 Å². The molecule has 0 radical (unpaired) electrons. The summed E-state index contributed by atoms with van der Waals surface area (Å²) in [6.07, 6.45) is 8.32. The molecule has 4 nitrogen and oxygen atoms in total. The van der Waals surface area contributed by atoms with Gasteiger partial charge in [-0.25, -0.2) is 4.84 Å². The molecule has 5 atom stereocenters. The minimum atomic E-state index is -0.538. The third-order valence-electron chi connectivity index (χ3n) is 7.35. The van der Waals surface area contributed by atoms with Crippen molar-refractivity contribution in [2.45, 2.75) is 69.1 Å². The van der Waals surface area contributed by atoms with Crippen molar-refractivity contribution >= 4 is 17.7 Å². The minimum absolute atomic E-state index is 0.120. The summed E-state index contributed by atoms with van der Waals surface area (Å²) in [5.74, 6) is 2.11. The van der Waals surface area contributed by atoms with E-state index in [9.17, 15) is 9.90 Å². The Morgan fingerprint density at radius 3 is 2.45 bits per heavy atom. The van der Waals surface area contributed by atoms with E-state index in [0.29, 0.717) is 17.9 Å². The van der Waals surface area contributed by atoms with Crippen LogP contribution in [0.4, 0.5) is 0 Å². The number of piperidine rings is 1. The average molecular weight is 325 g/mol. The quantitative estimate of drug-likeness (QED) is 0.781. The lowest BCUT2D eigenvalue weighted by molar-refractivity contribution is -0.178. The summed E-state index contributed by atoms with van der Waals surface area (Å²) in [6.45, 7) is 0.899. The van der Waals surface area contributed by atoms with Crippen molar-refractivity contribution in [2.24, 2.45) is 23.2 Å². The summed E-state index contributed by atoms with van der Waals surface area (Å²) < 4.78 is 0. The number of likely N-dealkylation sites (tertiary alicyclic amines) is 1. The summed E-state index contributed by atoms with van der Waals surface area (Å²) in [7, 11) is 0. The number of hydrogen-bond acceptors (Lipinski definition) is 3. The highest BCUT2D eigenvalue weighted by atomic mass is 35.5. The fourth-order valence-electron chi connectivity index (χ4n) is 6.88. The number of carbonyl (C=O) groups is 1. The van der Waals surface area contributed by atoms with Crippen molar-refractivity contribution in [3.63, 3.8) is 0 Å². The average Bonchev–Trinajstić information content (AvgIpc) is 3.07. The molecule has 5 saturated carbocycles. The topological polar surface area (TPSA) is 52.6 Å². The second-order valence-corrected chi connectivity index (χ2v) is 9.19. The number of halogens is 1. The minimum Gasteiger partial charge on any atom is -0.390 e. The van der Waals surface area contributed by atoms with Crippen LogP contribution >= 0.6 is 11.8 Å². The first kappa shape index (κ1) is 14.1. The number of aliphatic hydroxyl groups is 1. The molecule has 1 saturated heterocycles. The predicted molar refractivity (Wildman–Crippen MR) is 83.1 cm³/mol. The smallest absolute Gasteiger partial charge is 0.241 e. The first-order chi connectivity index (χ1) is 10.5. The van der Waals surface area contributed by atoms with Gasteiger partial charge in [-0.2, -0.15) is 0 Å². The lowest BCUT2D eigenvalue weighted by atomic mass is 9.46. The maximum atomic E-state index is 13.1.